The van der Waals surface area contributed by atoms with E-state index in [1.54, 1.807) is 0 Å². The van der Waals surface area contributed by atoms with Crippen LogP contribution in [0.25, 0.3) is 0 Å². The highest BCUT2D eigenvalue weighted by atomic mass is 16.1. The van der Waals surface area contributed by atoms with Gasteiger partial charge in [-0.2, -0.15) is 0 Å². The molecule has 0 unspecified atom stereocenters. The van der Waals surface area contributed by atoms with Gasteiger partial charge in [0.25, 0.3) is 0 Å². The van der Waals surface area contributed by atoms with Gasteiger partial charge in [0, 0.05) is 19.0 Å². The van der Waals surface area contributed by atoms with Gasteiger partial charge >= 0.3 is 0 Å². The number of rotatable bonds is 4. The summed E-state index contributed by atoms with van der Waals surface area (Å²) in [4.78, 5) is 15.7. The largest absolute Gasteiger partial charge is 0.303 e. The lowest BCUT2D eigenvalue weighted by atomic mass is 9.99. The zero-order valence-corrected chi connectivity index (χ0v) is 9.53. The van der Waals surface area contributed by atoms with Gasteiger partial charge in [-0.25, -0.2) is 0 Å². The predicted molar refractivity (Wildman–Crippen MR) is 60.9 cm³/mol. The zero-order valence-electron chi connectivity index (χ0n) is 9.53. The molecule has 2 saturated heterocycles. The molecule has 3 nitrogen and oxygen atoms in total. The normalized spacial score (nSPS) is 25.9. The Morgan fingerprint density at radius 1 is 0.933 bits per heavy atom. The van der Waals surface area contributed by atoms with Crippen LogP contribution in [0.4, 0.5) is 0 Å². The number of aldehydes is 1. The fourth-order valence-corrected chi connectivity index (χ4v) is 2.60. The molecule has 15 heavy (non-hydrogen) atoms. The third-order valence-electron chi connectivity index (χ3n) is 3.76. The topological polar surface area (TPSA) is 23.6 Å². The number of carbonyl (C=O) groups excluding carboxylic acids is 1. The average molecular weight is 210 g/mol. The Bertz CT molecular complexity index is 194. The second-order valence-corrected chi connectivity index (χ2v) is 4.86. The fourth-order valence-electron chi connectivity index (χ4n) is 2.60. The third-order valence-corrected chi connectivity index (χ3v) is 3.76. The molecule has 2 aliphatic heterocycles. The van der Waals surface area contributed by atoms with E-state index in [-0.39, 0.29) is 0 Å². The summed E-state index contributed by atoms with van der Waals surface area (Å²) in [6, 6.07) is 0. The molecule has 2 aliphatic rings. The molecule has 0 spiro atoms. The third kappa shape index (κ3) is 3.28. The van der Waals surface area contributed by atoms with Crippen molar-refractivity contribution < 1.29 is 4.79 Å². The van der Waals surface area contributed by atoms with E-state index in [1.807, 2.05) is 0 Å². The Hall–Kier alpha value is -0.410. The molecule has 2 rings (SSSR count). The van der Waals surface area contributed by atoms with Crippen molar-refractivity contribution in [3.05, 3.63) is 0 Å². The van der Waals surface area contributed by atoms with Gasteiger partial charge in [0.2, 0.25) is 0 Å². The van der Waals surface area contributed by atoms with Gasteiger partial charge in [0.1, 0.15) is 6.29 Å². The average Bonchev–Trinajstić information content (AvgIpc) is 2.80. The molecule has 0 atom stereocenters. The highest BCUT2D eigenvalue weighted by Gasteiger charge is 2.19. The van der Waals surface area contributed by atoms with Crippen LogP contribution in [0.15, 0.2) is 0 Å². The number of carbonyl (C=O) groups is 1. The Kier molecular flexibility index (Phi) is 4.15. The summed E-state index contributed by atoms with van der Waals surface area (Å²) in [7, 11) is 0. The number of likely N-dealkylation sites (tertiary alicyclic amines) is 2. The molecule has 0 amide bonds. The van der Waals surface area contributed by atoms with Gasteiger partial charge in [-0.15, -0.1) is 0 Å². The summed E-state index contributed by atoms with van der Waals surface area (Å²) < 4.78 is 0. The maximum atomic E-state index is 10.6. The number of hydrogen-bond acceptors (Lipinski definition) is 3. The van der Waals surface area contributed by atoms with Crippen LogP contribution in [0, 0.1) is 5.92 Å². The lowest BCUT2D eigenvalue weighted by Gasteiger charge is -2.30. The van der Waals surface area contributed by atoms with E-state index < -0.39 is 0 Å². The molecule has 0 aromatic carbocycles. The smallest absolute Gasteiger partial charge is 0.123 e. The molecule has 2 heterocycles. The summed E-state index contributed by atoms with van der Waals surface area (Å²) in [5.41, 5.74) is 0. The first-order valence-corrected chi connectivity index (χ1v) is 6.28. The van der Waals surface area contributed by atoms with Crippen LogP contribution in [-0.4, -0.2) is 55.4 Å². The first kappa shape index (κ1) is 11.1. The molecule has 3 heteroatoms. The highest BCUT2D eigenvalue weighted by molar-refractivity contribution is 5.53. The minimum atomic E-state index is 0.341. The highest BCUT2D eigenvalue weighted by Crippen LogP contribution is 2.15. The van der Waals surface area contributed by atoms with Crippen molar-refractivity contribution in [3.63, 3.8) is 0 Å². The van der Waals surface area contributed by atoms with Crippen LogP contribution >= 0.6 is 0 Å². The maximum absolute atomic E-state index is 10.6. The minimum Gasteiger partial charge on any atom is -0.303 e. The first-order valence-electron chi connectivity index (χ1n) is 6.28. The SMILES string of the molecule is O=CC1CCN(CCN2CCCC2)CC1. The molecule has 2 fully saturated rings. The lowest BCUT2D eigenvalue weighted by molar-refractivity contribution is -0.112. The van der Waals surface area contributed by atoms with Crippen LogP contribution in [0.2, 0.25) is 0 Å². The van der Waals surface area contributed by atoms with Crippen molar-refractivity contribution in [3.8, 4) is 0 Å². The second-order valence-electron chi connectivity index (χ2n) is 4.86. The van der Waals surface area contributed by atoms with Crippen molar-refractivity contribution in [2.75, 3.05) is 39.3 Å². The summed E-state index contributed by atoms with van der Waals surface area (Å²) in [5, 5.41) is 0. The van der Waals surface area contributed by atoms with E-state index in [0.29, 0.717) is 5.92 Å². The second kappa shape index (κ2) is 5.61. The van der Waals surface area contributed by atoms with E-state index >= 15 is 0 Å². The lowest BCUT2D eigenvalue weighted by Crippen LogP contribution is -2.39. The van der Waals surface area contributed by atoms with Crippen LogP contribution < -0.4 is 0 Å². The van der Waals surface area contributed by atoms with Gasteiger partial charge in [-0.3, -0.25) is 0 Å². The molecule has 0 saturated carbocycles. The predicted octanol–water partition coefficient (Wildman–Crippen LogP) is 0.993. The van der Waals surface area contributed by atoms with Crippen molar-refractivity contribution in [2.24, 2.45) is 5.92 Å². The summed E-state index contributed by atoms with van der Waals surface area (Å²) in [5.74, 6) is 0.341. The standard InChI is InChI=1S/C12H22N2O/c15-11-12-3-7-14(8-4-12)10-9-13-5-1-2-6-13/h11-12H,1-10H2. The molecular weight excluding hydrogens is 188 g/mol. The van der Waals surface area contributed by atoms with Gasteiger partial charge in [-0.05, 0) is 51.9 Å². The summed E-state index contributed by atoms with van der Waals surface area (Å²) in [6.07, 6.45) is 6.05. The number of piperidine rings is 1. The molecule has 0 aromatic rings. The zero-order chi connectivity index (χ0) is 10.5. The Morgan fingerprint density at radius 3 is 2.00 bits per heavy atom. The van der Waals surface area contributed by atoms with E-state index in [4.69, 9.17) is 0 Å². The quantitative estimate of drug-likeness (QED) is 0.647. The molecule has 0 aromatic heterocycles. The first-order chi connectivity index (χ1) is 7.38. The van der Waals surface area contributed by atoms with Crippen LogP contribution in [-0.2, 0) is 4.79 Å². The van der Waals surface area contributed by atoms with Crippen LogP contribution in [0.1, 0.15) is 25.7 Å². The molecule has 86 valence electrons. The van der Waals surface area contributed by atoms with Crippen molar-refractivity contribution in [1.29, 1.82) is 0 Å². The molecule has 0 aliphatic carbocycles. The van der Waals surface area contributed by atoms with Gasteiger partial charge in [0.05, 0.1) is 0 Å². The van der Waals surface area contributed by atoms with Gasteiger partial charge < -0.3 is 14.6 Å². The molecule has 0 radical (unpaired) electrons. The minimum absolute atomic E-state index is 0.341. The number of nitrogens with zero attached hydrogens (tertiary/aromatic N) is 2. The molecule has 0 bridgehead atoms. The Morgan fingerprint density at radius 2 is 1.47 bits per heavy atom. The van der Waals surface area contributed by atoms with E-state index in [1.165, 1.54) is 39.0 Å². The van der Waals surface area contributed by atoms with Crippen molar-refractivity contribution >= 4 is 6.29 Å². The van der Waals surface area contributed by atoms with Crippen LogP contribution in [0.3, 0.4) is 0 Å². The number of hydrogen-bond donors (Lipinski definition) is 0. The maximum Gasteiger partial charge on any atom is 0.123 e. The Balaban J connectivity index is 1.61. The van der Waals surface area contributed by atoms with Crippen LogP contribution in [0.5, 0.6) is 0 Å². The summed E-state index contributed by atoms with van der Waals surface area (Å²) >= 11 is 0. The van der Waals surface area contributed by atoms with Crippen molar-refractivity contribution in [1.82, 2.24) is 9.80 Å². The van der Waals surface area contributed by atoms with E-state index in [9.17, 15) is 4.79 Å². The Labute approximate surface area is 92.4 Å². The monoisotopic (exact) mass is 210 g/mol. The summed E-state index contributed by atoms with van der Waals surface area (Å²) in [6.45, 7) is 7.27. The van der Waals surface area contributed by atoms with E-state index in [0.717, 1.165) is 32.2 Å². The van der Waals surface area contributed by atoms with Gasteiger partial charge in [-0.1, -0.05) is 0 Å². The molecule has 0 N–H and O–H groups in total. The van der Waals surface area contributed by atoms with Gasteiger partial charge in [0.15, 0.2) is 0 Å². The molecular formula is C12H22N2O. The van der Waals surface area contributed by atoms with Crippen molar-refractivity contribution in [2.45, 2.75) is 25.7 Å². The van der Waals surface area contributed by atoms with E-state index in [2.05, 4.69) is 9.80 Å². The fraction of sp³-hybridized carbons (Fsp3) is 0.917.